The van der Waals surface area contributed by atoms with Gasteiger partial charge in [-0.1, -0.05) is 30.3 Å². The lowest BCUT2D eigenvalue weighted by molar-refractivity contribution is -0.137. The quantitative estimate of drug-likeness (QED) is 0.179. The van der Waals surface area contributed by atoms with Crippen LogP contribution >= 0.6 is 11.8 Å². The van der Waals surface area contributed by atoms with E-state index in [1.54, 1.807) is 28.8 Å². The summed E-state index contributed by atoms with van der Waals surface area (Å²) in [4.78, 5) is 34.1. The van der Waals surface area contributed by atoms with Gasteiger partial charge in [0, 0.05) is 54.4 Å². The maximum absolute atomic E-state index is 13.7. The Bertz CT molecular complexity index is 1470. The van der Waals surface area contributed by atoms with E-state index in [1.807, 2.05) is 48.9 Å². The molecule has 4 rings (SSSR count). The molecule has 0 aliphatic heterocycles. The van der Waals surface area contributed by atoms with Crippen molar-refractivity contribution in [3.05, 3.63) is 95.7 Å². The van der Waals surface area contributed by atoms with Gasteiger partial charge in [0.15, 0.2) is 0 Å². The molecule has 42 heavy (non-hydrogen) atoms. The first kappa shape index (κ1) is 31.0. The summed E-state index contributed by atoms with van der Waals surface area (Å²) in [6, 6.07) is 19.5. The number of fused-ring (bicyclic) bond motifs is 1. The number of alkyl halides is 3. The van der Waals surface area contributed by atoms with Gasteiger partial charge in [-0.05, 0) is 66.3 Å². The van der Waals surface area contributed by atoms with Gasteiger partial charge in [-0.2, -0.15) is 13.2 Å². The van der Waals surface area contributed by atoms with E-state index in [0.717, 1.165) is 33.5 Å². The van der Waals surface area contributed by atoms with E-state index in [1.165, 1.54) is 24.1 Å². The number of urea groups is 1. The number of halogens is 3. The lowest BCUT2D eigenvalue weighted by atomic mass is 10.1. The summed E-state index contributed by atoms with van der Waals surface area (Å²) < 4.78 is 44.5. The fourth-order valence-corrected chi connectivity index (χ4v) is 4.91. The Morgan fingerprint density at radius 2 is 1.67 bits per heavy atom. The Hall–Kier alpha value is -3.96. The number of carbonyl (C=O) groups is 2. The average Bonchev–Trinajstić information content (AvgIpc) is 3.40. The number of nitrogens with zero attached hydrogens (tertiary/aromatic N) is 2. The first-order chi connectivity index (χ1) is 20.2. The van der Waals surface area contributed by atoms with Crippen molar-refractivity contribution >= 4 is 40.3 Å². The number of hydrogen-bond donors (Lipinski definition) is 2. The van der Waals surface area contributed by atoms with Crippen LogP contribution < -0.4 is 5.32 Å². The molecule has 0 saturated carbocycles. The number of nitrogens with one attached hydrogen (secondary N) is 2. The van der Waals surface area contributed by atoms with Gasteiger partial charge < -0.3 is 24.8 Å². The zero-order valence-electron chi connectivity index (χ0n) is 23.4. The number of thioether (sulfide) groups is 1. The van der Waals surface area contributed by atoms with E-state index >= 15 is 0 Å². The molecule has 0 aliphatic rings. The fourth-order valence-electron chi connectivity index (χ4n) is 4.50. The highest BCUT2D eigenvalue weighted by atomic mass is 32.2. The van der Waals surface area contributed by atoms with Crippen LogP contribution in [-0.2, 0) is 28.7 Å². The Labute approximate surface area is 247 Å². The molecule has 0 radical (unpaired) electrons. The van der Waals surface area contributed by atoms with Gasteiger partial charge in [0.1, 0.15) is 6.54 Å². The summed E-state index contributed by atoms with van der Waals surface area (Å²) in [6.07, 6.45) is -0.0799. The summed E-state index contributed by atoms with van der Waals surface area (Å²) in [6.45, 7) is 0.563. The summed E-state index contributed by atoms with van der Waals surface area (Å²) >= 11 is 1.58. The number of hydrogen-bond acceptors (Lipinski definition) is 4. The van der Waals surface area contributed by atoms with Gasteiger partial charge in [-0.15, -0.1) is 11.8 Å². The lowest BCUT2D eigenvalue weighted by Crippen LogP contribution is -2.46. The maximum atomic E-state index is 13.7. The van der Waals surface area contributed by atoms with Crippen molar-refractivity contribution in [2.45, 2.75) is 24.0 Å². The molecule has 2 N–H and O–H groups in total. The molecular formula is C31H33F3N4O3S. The molecule has 3 amide bonds. The van der Waals surface area contributed by atoms with E-state index in [4.69, 9.17) is 4.74 Å². The minimum absolute atomic E-state index is 0.0925. The molecule has 1 aromatic heterocycles. The van der Waals surface area contributed by atoms with Gasteiger partial charge in [-0.3, -0.25) is 4.79 Å². The van der Waals surface area contributed by atoms with Crippen LogP contribution in [0.4, 0.5) is 23.7 Å². The topological polar surface area (TPSA) is 77.7 Å². The summed E-state index contributed by atoms with van der Waals surface area (Å²) in [5, 5.41) is 3.87. The standard InChI is InChI=1S/C31H33F3N4O3S/c1-41-18-17-38(30(40)36-25-11-13-26(42-2)14-12-25)21-29(39)37(20-22-7-9-24(10-8-22)31(32,33)34)16-15-23-19-35-28-6-4-3-5-27(23)28/h3-14,19,35H,15-18,20-21H2,1-2H3,(H,36,40). The molecular weight excluding hydrogens is 565 g/mol. The average molecular weight is 599 g/mol. The molecule has 0 saturated heterocycles. The maximum Gasteiger partial charge on any atom is 0.416 e. The highest BCUT2D eigenvalue weighted by molar-refractivity contribution is 7.98. The zero-order valence-corrected chi connectivity index (χ0v) is 24.2. The molecule has 0 fully saturated rings. The van der Waals surface area contributed by atoms with Crippen LogP contribution in [-0.4, -0.2) is 66.3 Å². The predicted molar refractivity (Wildman–Crippen MR) is 160 cm³/mol. The summed E-state index contributed by atoms with van der Waals surface area (Å²) in [7, 11) is 1.51. The second-order valence-electron chi connectivity index (χ2n) is 9.69. The van der Waals surface area contributed by atoms with Crippen molar-refractivity contribution in [2.24, 2.45) is 0 Å². The van der Waals surface area contributed by atoms with E-state index in [-0.39, 0.29) is 32.1 Å². The Morgan fingerprint density at radius 1 is 0.952 bits per heavy atom. The third-order valence-electron chi connectivity index (χ3n) is 6.85. The number of carbonyl (C=O) groups excluding carboxylic acids is 2. The number of aromatic nitrogens is 1. The van der Waals surface area contributed by atoms with Crippen molar-refractivity contribution < 1.29 is 27.5 Å². The third kappa shape index (κ3) is 8.29. The van der Waals surface area contributed by atoms with Crippen LogP contribution in [0.3, 0.4) is 0 Å². The van der Waals surface area contributed by atoms with Crippen LogP contribution in [0, 0.1) is 0 Å². The number of amides is 3. The Balaban J connectivity index is 1.52. The number of anilines is 1. The number of ether oxygens (including phenoxy) is 1. The number of methoxy groups -OCH3 is 1. The second kappa shape index (κ2) is 14.3. The van der Waals surface area contributed by atoms with Crippen LogP contribution in [0.15, 0.2) is 83.9 Å². The van der Waals surface area contributed by atoms with Gasteiger partial charge in [-0.25, -0.2) is 4.79 Å². The van der Waals surface area contributed by atoms with Crippen LogP contribution in [0.2, 0.25) is 0 Å². The lowest BCUT2D eigenvalue weighted by Gasteiger charge is -2.28. The predicted octanol–water partition coefficient (Wildman–Crippen LogP) is 6.66. The zero-order chi connectivity index (χ0) is 30.1. The number of rotatable bonds is 12. The van der Waals surface area contributed by atoms with Gasteiger partial charge in [0.05, 0.1) is 12.2 Å². The largest absolute Gasteiger partial charge is 0.416 e. The van der Waals surface area contributed by atoms with E-state index in [9.17, 15) is 22.8 Å². The number of H-pyrrole nitrogens is 1. The summed E-state index contributed by atoms with van der Waals surface area (Å²) in [5.74, 6) is -0.335. The highest BCUT2D eigenvalue weighted by Crippen LogP contribution is 2.29. The van der Waals surface area contributed by atoms with Crippen molar-refractivity contribution in [2.75, 3.05) is 44.9 Å². The molecule has 0 bridgehead atoms. The molecule has 222 valence electrons. The van der Waals surface area contributed by atoms with Crippen LogP contribution in [0.25, 0.3) is 10.9 Å². The van der Waals surface area contributed by atoms with E-state index in [0.29, 0.717) is 24.2 Å². The second-order valence-corrected chi connectivity index (χ2v) is 10.6. The monoisotopic (exact) mass is 598 g/mol. The summed E-state index contributed by atoms with van der Waals surface area (Å²) in [5.41, 5.74) is 2.38. The fraction of sp³-hybridized carbons (Fsp3) is 0.290. The Morgan fingerprint density at radius 3 is 2.33 bits per heavy atom. The molecule has 11 heteroatoms. The van der Waals surface area contributed by atoms with Crippen LogP contribution in [0.5, 0.6) is 0 Å². The molecule has 7 nitrogen and oxygen atoms in total. The van der Waals surface area contributed by atoms with Crippen LogP contribution in [0.1, 0.15) is 16.7 Å². The van der Waals surface area contributed by atoms with E-state index in [2.05, 4.69) is 10.3 Å². The van der Waals surface area contributed by atoms with Gasteiger partial charge in [0.25, 0.3) is 0 Å². The molecule has 4 aromatic rings. The van der Waals surface area contributed by atoms with Crippen molar-refractivity contribution in [3.8, 4) is 0 Å². The minimum atomic E-state index is -4.45. The molecule has 0 unspecified atom stereocenters. The van der Waals surface area contributed by atoms with E-state index < -0.39 is 17.8 Å². The SMILES string of the molecule is COCCN(CC(=O)N(CCc1c[nH]c2ccccc12)Cc1ccc(C(F)(F)F)cc1)C(=O)Nc1ccc(SC)cc1. The third-order valence-corrected chi connectivity index (χ3v) is 7.60. The molecule has 1 heterocycles. The molecule has 0 spiro atoms. The Kier molecular flexibility index (Phi) is 10.5. The van der Waals surface area contributed by atoms with Gasteiger partial charge in [0.2, 0.25) is 5.91 Å². The molecule has 0 aliphatic carbocycles. The number of aromatic amines is 1. The first-order valence-electron chi connectivity index (χ1n) is 13.4. The first-order valence-corrected chi connectivity index (χ1v) is 14.6. The number of para-hydroxylation sites is 1. The van der Waals surface area contributed by atoms with Crippen molar-refractivity contribution in [3.63, 3.8) is 0 Å². The number of benzene rings is 3. The van der Waals surface area contributed by atoms with Crippen molar-refractivity contribution in [1.29, 1.82) is 0 Å². The molecule has 0 atom stereocenters. The normalized spacial score (nSPS) is 11.5. The smallest absolute Gasteiger partial charge is 0.383 e. The minimum Gasteiger partial charge on any atom is -0.383 e. The van der Waals surface area contributed by atoms with Gasteiger partial charge >= 0.3 is 12.2 Å². The van der Waals surface area contributed by atoms with Crippen molar-refractivity contribution in [1.82, 2.24) is 14.8 Å². The molecule has 3 aromatic carbocycles. The highest BCUT2D eigenvalue weighted by Gasteiger charge is 2.30.